The molecule has 1 fully saturated rings. The van der Waals surface area contributed by atoms with Crippen LogP contribution in [0.3, 0.4) is 0 Å². The summed E-state index contributed by atoms with van der Waals surface area (Å²) in [4.78, 5) is 15.1. The second kappa shape index (κ2) is 8.55. The Kier molecular flexibility index (Phi) is 6.89. The number of ketones is 1. The molecular weight excluding hydrogens is 339 g/mol. The molecule has 0 spiro atoms. The molecule has 0 saturated heterocycles. The predicted molar refractivity (Wildman–Crippen MR) is 98.0 cm³/mol. The molecule has 1 aliphatic rings. The van der Waals surface area contributed by atoms with Gasteiger partial charge in [0.15, 0.2) is 5.78 Å². The Morgan fingerprint density at radius 1 is 1.12 bits per heavy atom. The molecule has 0 N–H and O–H groups in total. The van der Waals surface area contributed by atoms with E-state index in [0.717, 1.165) is 24.2 Å². The lowest BCUT2D eigenvalue weighted by Crippen LogP contribution is -2.50. The van der Waals surface area contributed by atoms with Gasteiger partial charge in [-0.1, -0.05) is 32.4 Å². The van der Waals surface area contributed by atoms with Crippen molar-refractivity contribution in [2.75, 3.05) is 6.54 Å². The molecular formula is C21H30F3NO. The first-order valence-corrected chi connectivity index (χ1v) is 9.55. The van der Waals surface area contributed by atoms with Crippen molar-refractivity contribution >= 4 is 5.78 Å². The van der Waals surface area contributed by atoms with Crippen molar-refractivity contribution in [1.29, 1.82) is 0 Å². The number of halogens is 3. The van der Waals surface area contributed by atoms with Crippen molar-refractivity contribution in [3.8, 4) is 0 Å². The molecule has 5 heteroatoms. The summed E-state index contributed by atoms with van der Waals surface area (Å²) >= 11 is 0. The van der Waals surface area contributed by atoms with Crippen LogP contribution in [0.25, 0.3) is 0 Å². The monoisotopic (exact) mass is 369 g/mol. The molecule has 1 atom stereocenters. The Labute approximate surface area is 154 Å². The van der Waals surface area contributed by atoms with E-state index in [1.54, 1.807) is 0 Å². The number of hydrogen-bond donors (Lipinski definition) is 0. The molecule has 0 heterocycles. The van der Waals surface area contributed by atoms with Gasteiger partial charge in [0.2, 0.25) is 0 Å². The Balaban J connectivity index is 2.21. The van der Waals surface area contributed by atoms with E-state index < -0.39 is 11.7 Å². The SMILES string of the molecule is CC(C)C(=O)[C@H](Cc1ccc(C(F)(F)F)cc1)N(CC1CCC1)C(C)C. The zero-order valence-corrected chi connectivity index (χ0v) is 16.1. The van der Waals surface area contributed by atoms with Crippen LogP contribution in [0.2, 0.25) is 0 Å². The summed E-state index contributed by atoms with van der Waals surface area (Å²) in [5.74, 6) is 0.697. The third-order valence-electron chi connectivity index (χ3n) is 5.37. The maximum atomic E-state index is 12.9. The van der Waals surface area contributed by atoms with Crippen molar-refractivity contribution in [3.63, 3.8) is 0 Å². The highest BCUT2D eigenvalue weighted by atomic mass is 19.4. The van der Waals surface area contributed by atoms with E-state index in [4.69, 9.17) is 0 Å². The molecule has 146 valence electrons. The molecule has 0 amide bonds. The van der Waals surface area contributed by atoms with E-state index in [1.807, 2.05) is 13.8 Å². The third-order valence-corrected chi connectivity index (χ3v) is 5.37. The molecule has 2 nitrogen and oxygen atoms in total. The zero-order chi connectivity index (χ0) is 19.5. The van der Waals surface area contributed by atoms with Gasteiger partial charge in [-0.2, -0.15) is 13.2 Å². The highest BCUT2D eigenvalue weighted by Crippen LogP contribution is 2.31. The van der Waals surface area contributed by atoms with Crippen LogP contribution in [0.1, 0.15) is 58.1 Å². The lowest BCUT2D eigenvalue weighted by Gasteiger charge is -2.40. The lowest BCUT2D eigenvalue weighted by atomic mass is 9.83. The number of alkyl halides is 3. The van der Waals surface area contributed by atoms with Gasteiger partial charge >= 0.3 is 6.18 Å². The van der Waals surface area contributed by atoms with Gasteiger partial charge < -0.3 is 0 Å². The van der Waals surface area contributed by atoms with Crippen LogP contribution >= 0.6 is 0 Å². The number of benzene rings is 1. The Bertz CT molecular complexity index is 588. The minimum Gasteiger partial charge on any atom is -0.298 e. The summed E-state index contributed by atoms with van der Waals surface area (Å²) in [7, 11) is 0. The number of carbonyl (C=O) groups is 1. The molecule has 1 aliphatic carbocycles. The van der Waals surface area contributed by atoms with Gasteiger partial charge in [0.1, 0.15) is 0 Å². The summed E-state index contributed by atoms with van der Waals surface area (Å²) < 4.78 is 38.3. The first kappa shape index (κ1) is 20.9. The summed E-state index contributed by atoms with van der Waals surface area (Å²) in [5, 5.41) is 0. The molecule has 0 bridgehead atoms. The second-order valence-corrected chi connectivity index (χ2v) is 8.06. The second-order valence-electron chi connectivity index (χ2n) is 8.06. The van der Waals surface area contributed by atoms with E-state index in [0.29, 0.717) is 12.3 Å². The lowest BCUT2D eigenvalue weighted by molar-refractivity contribution is -0.137. The van der Waals surface area contributed by atoms with Crippen molar-refractivity contribution in [2.45, 2.75) is 71.6 Å². The molecule has 1 aromatic rings. The van der Waals surface area contributed by atoms with E-state index in [9.17, 15) is 18.0 Å². The maximum absolute atomic E-state index is 12.9. The number of carbonyl (C=O) groups excluding carboxylic acids is 1. The summed E-state index contributed by atoms with van der Waals surface area (Å²) in [6.45, 7) is 8.85. The number of nitrogens with zero attached hydrogens (tertiary/aromatic N) is 1. The summed E-state index contributed by atoms with van der Waals surface area (Å²) in [5.41, 5.74) is 0.124. The van der Waals surface area contributed by atoms with Crippen LogP contribution in [0.4, 0.5) is 13.2 Å². The van der Waals surface area contributed by atoms with Gasteiger partial charge in [-0.05, 0) is 56.7 Å². The molecule has 0 unspecified atom stereocenters. The molecule has 26 heavy (non-hydrogen) atoms. The standard InChI is InChI=1S/C21H30F3NO/c1-14(2)20(26)19(25(15(3)4)13-17-6-5-7-17)12-16-8-10-18(11-9-16)21(22,23)24/h8-11,14-15,17,19H,5-7,12-13H2,1-4H3/t19-/m0/s1. The van der Waals surface area contributed by atoms with Crippen molar-refractivity contribution in [1.82, 2.24) is 4.90 Å². The first-order valence-electron chi connectivity index (χ1n) is 9.55. The van der Waals surface area contributed by atoms with Gasteiger partial charge in [-0.25, -0.2) is 0 Å². The topological polar surface area (TPSA) is 20.3 Å². The van der Waals surface area contributed by atoms with Gasteiger partial charge in [0.25, 0.3) is 0 Å². The van der Waals surface area contributed by atoms with Crippen LogP contribution in [-0.2, 0) is 17.4 Å². The van der Waals surface area contributed by atoms with Gasteiger partial charge in [-0.3, -0.25) is 9.69 Å². The highest BCUT2D eigenvalue weighted by molar-refractivity contribution is 5.86. The molecule has 1 saturated carbocycles. The fourth-order valence-electron chi connectivity index (χ4n) is 3.49. The van der Waals surface area contributed by atoms with Crippen LogP contribution in [0, 0.1) is 11.8 Å². The van der Waals surface area contributed by atoms with Gasteiger partial charge in [0, 0.05) is 18.5 Å². The van der Waals surface area contributed by atoms with Crippen LogP contribution < -0.4 is 0 Å². The fourth-order valence-corrected chi connectivity index (χ4v) is 3.49. The maximum Gasteiger partial charge on any atom is 0.416 e. The number of rotatable bonds is 8. The fraction of sp³-hybridized carbons (Fsp3) is 0.667. The molecule has 2 rings (SSSR count). The minimum atomic E-state index is -4.33. The van der Waals surface area contributed by atoms with Crippen LogP contribution in [0.15, 0.2) is 24.3 Å². The summed E-state index contributed by atoms with van der Waals surface area (Å²) in [6.07, 6.45) is -0.226. The quantitative estimate of drug-likeness (QED) is 0.615. The summed E-state index contributed by atoms with van der Waals surface area (Å²) in [6, 6.07) is 5.16. The van der Waals surface area contributed by atoms with E-state index >= 15 is 0 Å². The first-order chi connectivity index (χ1) is 12.1. The molecule has 0 aliphatic heterocycles. The van der Waals surface area contributed by atoms with Crippen molar-refractivity contribution in [3.05, 3.63) is 35.4 Å². The zero-order valence-electron chi connectivity index (χ0n) is 16.1. The van der Waals surface area contributed by atoms with E-state index in [2.05, 4.69) is 18.7 Å². The average molecular weight is 369 g/mol. The van der Waals surface area contributed by atoms with Gasteiger partial charge in [-0.15, -0.1) is 0 Å². The van der Waals surface area contributed by atoms with E-state index in [-0.39, 0.29) is 23.8 Å². The number of Topliss-reactive ketones (excluding diaryl/α,β-unsaturated/α-hetero) is 1. The van der Waals surface area contributed by atoms with E-state index in [1.165, 1.54) is 31.4 Å². The Hall–Kier alpha value is -1.36. The van der Waals surface area contributed by atoms with Crippen molar-refractivity contribution < 1.29 is 18.0 Å². The minimum absolute atomic E-state index is 0.0999. The molecule has 0 radical (unpaired) electrons. The average Bonchev–Trinajstić information content (AvgIpc) is 2.50. The Morgan fingerprint density at radius 3 is 2.08 bits per heavy atom. The predicted octanol–water partition coefficient (Wildman–Crippen LogP) is 5.35. The van der Waals surface area contributed by atoms with Crippen LogP contribution in [-0.4, -0.2) is 29.3 Å². The largest absolute Gasteiger partial charge is 0.416 e. The number of hydrogen-bond acceptors (Lipinski definition) is 2. The molecule has 1 aromatic carbocycles. The Morgan fingerprint density at radius 2 is 1.69 bits per heavy atom. The molecule has 0 aromatic heterocycles. The normalized spacial score (nSPS) is 17.0. The smallest absolute Gasteiger partial charge is 0.298 e. The van der Waals surface area contributed by atoms with Crippen molar-refractivity contribution in [2.24, 2.45) is 11.8 Å². The van der Waals surface area contributed by atoms with Crippen LogP contribution in [0.5, 0.6) is 0 Å². The highest BCUT2D eigenvalue weighted by Gasteiger charge is 2.33. The third kappa shape index (κ3) is 5.32. The van der Waals surface area contributed by atoms with Gasteiger partial charge in [0.05, 0.1) is 11.6 Å².